The van der Waals surface area contributed by atoms with Crippen molar-refractivity contribution in [3.8, 4) is 11.8 Å². The standard InChI is InChI=1S/C23H33F3OS/c1-2-27-15-17-28-16-13-11-9-7-5-3-4-6-8-10-12-14-21-22(25)18-20(24)19-23(21)26/h18-19H,2-11,13,15-17H2,1H3. The molecule has 0 unspecified atom stereocenters. The predicted octanol–water partition coefficient (Wildman–Crippen LogP) is 7.13. The fraction of sp³-hybridized carbons (Fsp3) is 0.652. The first-order valence-electron chi connectivity index (χ1n) is 10.4. The lowest BCUT2D eigenvalue weighted by molar-refractivity contribution is 0.164. The lowest BCUT2D eigenvalue weighted by Crippen LogP contribution is -1.96. The van der Waals surface area contributed by atoms with Crippen LogP contribution >= 0.6 is 11.8 Å². The predicted molar refractivity (Wildman–Crippen MR) is 113 cm³/mol. The molecular formula is C23H33F3OS. The minimum atomic E-state index is -0.936. The molecule has 0 spiro atoms. The third-order valence-corrected chi connectivity index (χ3v) is 5.42. The monoisotopic (exact) mass is 414 g/mol. The van der Waals surface area contributed by atoms with E-state index in [0.29, 0.717) is 18.6 Å². The van der Waals surface area contributed by atoms with Crippen molar-refractivity contribution in [3.63, 3.8) is 0 Å². The van der Waals surface area contributed by atoms with Crippen LogP contribution in [-0.2, 0) is 4.74 Å². The lowest BCUT2D eigenvalue weighted by atomic mass is 10.1. The molecule has 1 aromatic carbocycles. The van der Waals surface area contributed by atoms with Gasteiger partial charge in [-0.3, -0.25) is 0 Å². The molecular weight excluding hydrogens is 381 g/mol. The molecule has 0 saturated carbocycles. The zero-order chi connectivity index (χ0) is 20.5. The molecule has 5 heteroatoms. The SMILES string of the molecule is CCOCCSCCCCCCCCCCCC#Cc1c(F)cc(F)cc1F. The summed E-state index contributed by atoms with van der Waals surface area (Å²) in [4.78, 5) is 0. The number of ether oxygens (including phenoxy) is 1. The highest BCUT2D eigenvalue weighted by molar-refractivity contribution is 7.99. The van der Waals surface area contributed by atoms with Crippen molar-refractivity contribution in [2.45, 2.75) is 71.1 Å². The maximum Gasteiger partial charge on any atom is 0.144 e. The normalized spacial score (nSPS) is 10.7. The number of hydrogen-bond donors (Lipinski definition) is 0. The summed E-state index contributed by atoms with van der Waals surface area (Å²) >= 11 is 1.98. The van der Waals surface area contributed by atoms with E-state index in [1.54, 1.807) is 0 Å². The van der Waals surface area contributed by atoms with E-state index in [1.807, 2.05) is 18.7 Å². The molecule has 0 bridgehead atoms. The Morgan fingerprint density at radius 3 is 2.00 bits per heavy atom. The minimum Gasteiger partial charge on any atom is -0.381 e. The Labute approximate surface area is 172 Å². The van der Waals surface area contributed by atoms with Gasteiger partial charge in [-0.2, -0.15) is 11.8 Å². The van der Waals surface area contributed by atoms with E-state index in [0.717, 1.165) is 31.8 Å². The third kappa shape index (κ3) is 12.4. The van der Waals surface area contributed by atoms with Crippen LogP contribution < -0.4 is 0 Å². The van der Waals surface area contributed by atoms with Crippen LogP contribution in [0.2, 0.25) is 0 Å². The van der Waals surface area contributed by atoms with E-state index >= 15 is 0 Å². The molecule has 0 aliphatic carbocycles. The number of unbranched alkanes of at least 4 members (excludes halogenated alkanes) is 9. The van der Waals surface area contributed by atoms with Gasteiger partial charge in [-0.25, -0.2) is 13.2 Å². The highest BCUT2D eigenvalue weighted by Crippen LogP contribution is 2.14. The Balaban J connectivity index is 1.92. The van der Waals surface area contributed by atoms with Gasteiger partial charge < -0.3 is 4.74 Å². The Morgan fingerprint density at radius 1 is 0.821 bits per heavy atom. The third-order valence-electron chi connectivity index (χ3n) is 4.39. The Kier molecular flexibility index (Phi) is 15.0. The number of hydrogen-bond acceptors (Lipinski definition) is 2. The van der Waals surface area contributed by atoms with E-state index in [-0.39, 0.29) is 5.56 Å². The smallest absolute Gasteiger partial charge is 0.144 e. The Bertz CT molecular complexity index is 572. The summed E-state index contributed by atoms with van der Waals surface area (Å²) < 4.78 is 45.0. The molecule has 1 rings (SSSR count). The van der Waals surface area contributed by atoms with Crippen molar-refractivity contribution in [2.24, 2.45) is 0 Å². The van der Waals surface area contributed by atoms with Crippen molar-refractivity contribution in [1.29, 1.82) is 0 Å². The summed E-state index contributed by atoms with van der Waals surface area (Å²) in [5.41, 5.74) is -0.339. The molecule has 0 aliphatic rings. The first-order chi connectivity index (χ1) is 13.6. The van der Waals surface area contributed by atoms with Crippen molar-refractivity contribution in [3.05, 3.63) is 35.1 Å². The maximum absolute atomic E-state index is 13.4. The van der Waals surface area contributed by atoms with Gasteiger partial charge >= 0.3 is 0 Å². The van der Waals surface area contributed by atoms with Gasteiger partial charge in [0, 0.05) is 30.9 Å². The van der Waals surface area contributed by atoms with Crippen LogP contribution in [0.15, 0.2) is 12.1 Å². The molecule has 0 heterocycles. The highest BCUT2D eigenvalue weighted by Gasteiger charge is 2.08. The van der Waals surface area contributed by atoms with E-state index in [4.69, 9.17) is 4.74 Å². The molecule has 0 amide bonds. The molecule has 0 atom stereocenters. The van der Waals surface area contributed by atoms with Crippen molar-refractivity contribution >= 4 is 11.8 Å². The van der Waals surface area contributed by atoms with Gasteiger partial charge in [0.2, 0.25) is 0 Å². The summed E-state index contributed by atoms with van der Waals surface area (Å²) in [7, 11) is 0. The molecule has 0 radical (unpaired) electrons. The number of benzene rings is 1. The minimum absolute atomic E-state index is 0.339. The van der Waals surface area contributed by atoms with Crippen LogP contribution in [-0.4, -0.2) is 24.7 Å². The molecule has 0 N–H and O–H groups in total. The first kappa shape index (κ1) is 24.9. The largest absolute Gasteiger partial charge is 0.381 e. The van der Waals surface area contributed by atoms with Crippen LogP contribution in [0.4, 0.5) is 13.2 Å². The molecule has 1 aromatic rings. The van der Waals surface area contributed by atoms with E-state index in [9.17, 15) is 13.2 Å². The van der Waals surface area contributed by atoms with Gasteiger partial charge in [0.1, 0.15) is 17.5 Å². The molecule has 0 aromatic heterocycles. The van der Waals surface area contributed by atoms with Gasteiger partial charge in [0.15, 0.2) is 0 Å². The zero-order valence-electron chi connectivity index (χ0n) is 17.0. The highest BCUT2D eigenvalue weighted by atomic mass is 32.2. The second-order valence-corrected chi connectivity index (χ2v) is 8.01. The second-order valence-electron chi connectivity index (χ2n) is 6.79. The summed E-state index contributed by atoms with van der Waals surface area (Å²) in [6, 6.07) is 1.32. The lowest BCUT2D eigenvalue weighted by Gasteiger charge is -2.03. The summed E-state index contributed by atoms with van der Waals surface area (Å²) in [5.74, 6) is 4.82. The van der Waals surface area contributed by atoms with Crippen molar-refractivity contribution in [2.75, 3.05) is 24.7 Å². The molecule has 0 aliphatic heterocycles. The maximum atomic E-state index is 13.4. The summed E-state index contributed by atoms with van der Waals surface area (Å²) in [5, 5.41) is 0. The summed E-state index contributed by atoms with van der Waals surface area (Å²) in [6.45, 7) is 3.70. The molecule has 28 heavy (non-hydrogen) atoms. The average molecular weight is 415 g/mol. The van der Waals surface area contributed by atoms with Gasteiger partial charge in [0.25, 0.3) is 0 Å². The van der Waals surface area contributed by atoms with Gasteiger partial charge in [-0.1, -0.05) is 56.8 Å². The molecule has 0 saturated heterocycles. The van der Waals surface area contributed by atoms with E-state index < -0.39 is 17.5 Å². The van der Waals surface area contributed by atoms with Crippen LogP contribution in [0, 0.1) is 29.3 Å². The van der Waals surface area contributed by atoms with Gasteiger partial charge in [-0.05, 0) is 25.5 Å². The zero-order valence-corrected chi connectivity index (χ0v) is 17.8. The number of rotatable bonds is 15. The summed E-state index contributed by atoms with van der Waals surface area (Å²) in [6.07, 6.45) is 11.5. The quantitative estimate of drug-likeness (QED) is 0.223. The van der Waals surface area contributed by atoms with Crippen molar-refractivity contribution in [1.82, 2.24) is 0 Å². The van der Waals surface area contributed by atoms with Gasteiger partial charge in [0.05, 0.1) is 12.2 Å². The second kappa shape index (κ2) is 16.8. The fourth-order valence-electron chi connectivity index (χ4n) is 2.83. The van der Waals surface area contributed by atoms with E-state index in [2.05, 4.69) is 11.8 Å². The topological polar surface area (TPSA) is 9.23 Å². The Hall–Kier alpha value is -1.12. The van der Waals surface area contributed by atoms with Crippen molar-refractivity contribution < 1.29 is 17.9 Å². The number of thioether (sulfide) groups is 1. The van der Waals surface area contributed by atoms with Crippen LogP contribution in [0.5, 0.6) is 0 Å². The molecule has 0 fully saturated rings. The molecule has 158 valence electrons. The number of halogens is 3. The Morgan fingerprint density at radius 2 is 1.39 bits per heavy atom. The molecule has 1 nitrogen and oxygen atoms in total. The first-order valence-corrected chi connectivity index (χ1v) is 11.6. The van der Waals surface area contributed by atoms with Crippen LogP contribution in [0.3, 0.4) is 0 Å². The average Bonchev–Trinajstić information content (AvgIpc) is 2.66. The fourth-order valence-corrected chi connectivity index (χ4v) is 3.68. The van der Waals surface area contributed by atoms with Crippen LogP contribution in [0.25, 0.3) is 0 Å². The van der Waals surface area contributed by atoms with E-state index in [1.165, 1.54) is 50.7 Å². The van der Waals surface area contributed by atoms with Gasteiger partial charge in [-0.15, -0.1) is 0 Å². The van der Waals surface area contributed by atoms with Crippen LogP contribution in [0.1, 0.15) is 76.7 Å².